The average Bonchev–Trinajstić information content (AvgIpc) is 3.10. The summed E-state index contributed by atoms with van der Waals surface area (Å²) in [6.45, 7) is 10.7. The number of piperidine rings is 2. The molecule has 1 N–H and O–H groups in total. The number of nitrogens with zero attached hydrogens (tertiary/aromatic N) is 4. The Morgan fingerprint density at radius 3 is 2.87 bits per heavy atom. The fraction of sp³-hybridized carbons (Fsp3) is 0.667. The van der Waals surface area contributed by atoms with Crippen LogP contribution in [0.5, 0.6) is 0 Å². The molecule has 0 saturated carbocycles. The second kappa shape index (κ2) is 8.31. The maximum Gasteiger partial charge on any atom is 0.226 e. The van der Waals surface area contributed by atoms with E-state index >= 15 is 0 Å². The molecule has 1 aromatic carbocycles. The van der Waals surface area contributed by atoms with Crippen molar-refractivity contribution in [3.05, 3.63) is 24.0 Å². The van der Waals surface area contributed by atoms with Crippen LogP contribution in [-0.2, 0) is 17.9 Å². The van der Waals surface area contributed by atoms with Crippen LogP contribution in [0.4, 0.5) is 5.69 Å². The van der Waals surface area contributed by atoms with Crippen LogP contribution in [0.15, 0.2) is 18.2 Å². The van der Waals surface area contributed by atoms with Gasteiger partial charge in [-0.05, 0) is 62.9 Å². The van der Waals surface area contributed by atoms with Crippen LogP contribution in [-0.4, -0.2) is 57.5 Å². The second-order valence-corrected chi connectivity index (χ2v) is 9.76. The van der Waals surface area contributed by atoms with Gasteiger partial charge in [0, 0.05) is 37.3 Å². The summed E-state index contributed by atoms with van der Waals surface area (Å²) in [5.41, 5.74) is 3.01. The molecule has 30 heavy (non-hydrogen) atoms. The molecule has 2 fully saturated rings. The Morgan fingerprint density at radius 1 is 1.13 bits per heavy atom. The highest BCUT2D eigenvalue weighted by molar-refractivity contribution is 5.94. The normalized spacial score (nSPS) is 25.3. The zero-order valence-corrected chi connectivity index (χ0v) is 18.4. The summed E-state index contributed by atoms with van der Waals surface area (Å²) in [6.07, 6.45) is 6.92. The maximum absolute atomic E-state index is 12.0. The fourth-order valence-electron chi connectivity index (χ4n) is 5.71. The van der Waals surface area contributed by atoms with Crippen molar-refractivity contribution in [2.45, 2.75) is 65.1 Å². The Kier molecular flexibility index (Phi) is 5.54. The van der Waals surface area contributed by atoms with Crippen molar-refractivity contribution in [2.75, 3.05) is 31.5 Å². The third kappa shape index (κ3) is 3.87. The molecule has 162 valence electrons. The van der Waals surface area contributed by atoms with Gasteiger partial charge in [-0.15, -0.1) is 0 Å². The molecule has 2 saturated heterocycles. The molecule has 2 aromatic rings. The highest BCUT2D eigenvalue weighted by Crippen LogP contribution is 2.32. The first-order valence-corrected chi connectivity index (χ1v) is 11.8. The van der Waals surface area contributed by atoms with Crippen LogP contribution in [0.3, 0.4) is 0 Å². The van der Waals surface area contributed by atoms with Crippen LogP contribution >= 0.6 is 0 Å². The van der Waals surface area contributed by atoms with Crippen LogP contribution in [0.2, 0.25) is 0 Å². The molecule has 6 nitrogen and oxygen atoms in total. The Bertz CT molecular complexity index is 918. The van der Waals surface area contributed by atoms with Crippen LogP contribution in [0.25, 0.3) is 11.0 Å². The summed E-state index contributed by atoms with van der Waals surface area (Å²) in [5, 5.41) is 3.00. The Morgan fingerprint density at radius 2 is 2.00 bits per heavy atom. The lowest BCUT2D eigenvalue weighted by Gasteiger charge is -2.46. The predicted octanol–water partition coefficient (Wildman–Crippen LogP) is 3.71. The third-order valence-corrected chi connectivity index (χ3v) is 7.35. The van der Waals surface area contributed by atoms with E-state index in [-0.39, 0.29) is 11.8 Å². The Balaban J connectivity index is 1.29. The SMILES string of the molecule is CC(C)C(=O)Nc1ccc2c(c1)nc1n2CCN(CC2CCCN3CCCCC23)C1. The molecule has 2 atom stereocenters. The van der Waals surface area contributed by atoms with Gasteiger partial charge in [0.2, 0.25) is 5.91 Å². The van der Waals surface area contributed by atoms with Gasteiger partial charge in [-0.2, -0.15) is 0 Å². The summed E-state index contributed by atoms with van der Waals surface area (Å²) in [4.78, 5) is 22.4. The zero-order valence-electron chi connectivity index (χ0n) is 18.4. The third-order valence-electron chi connectivity index (χ3n) is 7.35. The smallest absolute Gasteiger partial charge is 0.226 e. The largest absolute Gasteiger partial charge is 0.326 e. The number of benzene rings is 1. The molecule has 0 spiro atoms. The van der Waals surface area contributed by atoms with Crippen molar-refractivity contribution < 1.29 is 4.79 Å². The van der Waals surface area contributed by atoms with E-state index in [4.69, 9.17) is 4.98 Å². The molecule has 0 radical (unpaired) electrons. The van der Waals surface area contributed by atoms with Gasteiger partial charge in [0.1, 0.15) is 5.82 Å². The first kappa shape index (κ1) is 20.0. The lowest BCUT2D eigenvalue weighted by Crippen LogP contribution is -2.51. The van der Waals surface area contributed by atoms with Gasteiger partial charge in [0.15, 0.2) is 0 Å². The number of carbonyl (C=O) groups excluding carboxylic acids is 1. The minimum Gasteiger partial charge on any atom is -0.326 e. The van der Waals surface area contributed by atoms with Crippen molar-refractivity contribution >= 4 is 22.6 Å². The number of fused-ring (bicyclic) bond motifs is 4. The maximum atomic E-state index is 12.0. The van der Waals surface area contributed by atoms with Gasteiger partial charge in [-0.3, -0.25) is 9.69 Å². The molecule has 3 aliphatic heterocycles. The van der Waals surface area contributed by atoms with E-state index in [1.54, 1.807) is 0 Å². The predicted molar refractivity (Wildman–Crippen MR) is 120 cm³/mol. The fourth-order valence-corrected chi connectivity index (χ4v) is 5.71. The molecule has 1 aromatic heterocycles. The van der Waals surface area contributed by atoms with E-state index in [0.29, 0.717) is 0 Å². The molecular formula is C24H35N5O. The second-order valence-electron chi connectivity index (χ2n) is 9.76. The first-order chi connectivity index (χ1) is 14.6. The van der Waals surface area contributed by atoms with Gasteiger partial charge < -0.3 is 14.8 Å². The number of carbonyl (C=O) groups is 1. The standard InChI is InChI=1S/C24H35N5O/c1-17(2)24(30)25-19-8-9-22-20(14-19)26-23-16-27(12-13-29(22)23)15-18-6-5-11-28-10-4-3-7-21(18)28/h8-9,14,17-18,21H,3-7,10-13,15-16H2,1-2H3,(H,25,30). The molecule has 0 aliphatic carbocycles. The lowest BCUT2D eigenvalue weighted by atomic mass is 9.83. The number of anilines is 1. The van der Waals surface area contributed by atoms with E-state index in [9.17, 15) is 4.79 Å². The quantitative estimate of drug-likeness (QED) is 0.836. The number of hydrogen-bond donors (Lipinski definition) is 1. The summed E-state index contributed by atoms with van der Waals surface area (Å²) >= 11 is 0. The molecule has 6 heteroatoms. The number of rotatable bonds is 4. The van der Waals surface area contributed by atoms with Gasteiger partial charge in [0.25, 0.3) is 0 Å². The molecule has 2 unspecified atom stereocenters. The zero-order chi connectivity index (χ0) is 20.7. The summed E-state index contributed by atoms with van der Waals surface area (Å²) < 4.78 is 2.37. The number of hydrogen-bond acceptors (Lipinski definition) is 4. The molecular weight excluding hydrogens is 374 g/mol. The van der Waals surface area contributed by atoms with Crippen molar-refractivity contribution in [1.29, 1.82) is 0 Å². The van der Waals surface area contributed by atoms with E-state index in [1.807, 2.05) is 26.0 Å². The van der Waals surface area contributed by atoms with E-state index in [1.165, 1.54) is 63.1 Å². The number of aromatic nitrogens is 2. The molecule has 0 bridgehead atoms. The topological polar surface area (TPSA) is 53.4 Å². The van der Waals surface area contributed by atoms with E-state index < -0.39 is 0 Å². The highest BCUT2D eigenvalue weighted by Gasteiger charge is 2.34. The van der Waals surface area contributed by atoms with Gasteiger partial charge in [-0.25, -0.2) is 4.98 Å². The van der Waals surface area contributed by atoms with Crippen molar-refractivity contribution in [3.8, 4) is 0 Å². The minimum absolute atomic E-state index is 0.0238. The minimum atomic E-state index is -0.0238. The summed E-state index contributed by atoms with van der Waals surface area (Å²) in [7, 11) is 0. The van der Waals surface area contributed by atoms with Crippen molar-refractivity contribution in [1.82, 2.24) is 19.4 Å². The Hall–Kier alpha value is -1.92. The van der Waals surface area contributed by atoms with Crippen LogP contribution < -0.4 is 5.32 Å². The molecule has 5 rings (SSSR count). The van der Waals surface area contributed by atoms with Crippen LogP contribution in [0, 0.1) is 11.8 Å². The number of amides is 1. The van der Waals surface area contributed by atoms with Gasteiger partial charge in [-0.1, -0.05) is 20.3 Å². The van der Waals surface area contributed by atoms with E-state index in [0.717, 1.165) is 42.8 Å². The number of imidazole rings is 1. The van der Waals surface area contributed by atoms with Crippen LogP contribution in [0.1, 0.15) is 51.8 Å². The molecule has 3 aliphatic rings. The van der Waals surface area contributed by atoms with Crippen molar-refractivity contribution in [3.63, 3.8) is 0 Å². The van der Waals surface area contributed by atoms with Crippen molar-refractivity contribution in [2.24, 2.45) is 11.8 Å². The summed E-state index contributed by atoms with van der Waals surface area (Å²) in [6, 6.07) is 6.94. The van der Waals surface area contributed by atoms with E-state index in [2.05, 4.69) is 25.8 Å². The monoisotopic (exact) mass is 409 g/mol. The first-order valence-electron chi connectivity index (χ1n) is 11.8. The Labute approximate surface area is 179 Å². The lowest BCUT2D eigenvalue weighted by molar-refractivity contribution is -0.118. The van der Waals surface area contributed by atoms with Gasteiger partial charge >= 0.3 is 0 Å². The molecule has 4 heterocycles. The molecule has 1 amide bonds. The highest BCUT2D eigenvalue weighted by atomic mass is 16.1. The average molecular weight is 410 g/mol. The number of nitrogens with one attached hydrogen (secondary N) is 1. The summed E-state index contributed by atoms with van der Waals surface area (Å²) in [5.74, 6) is 2.01. The van der Waals surface area contributed by atoms with Gasteiger partial charge in [0.05, 0.1) is 17.6 Å².